The van der Waals surface area contributed by atoms with Crippen LogP contribution in [0.3, 0.4) is 0 Å². The van der Waals surface area contributed by atoms with Crippen LogP contribution < -0.4 is 0 Å². The standard InChI is InChI=1S/C11H12F3N3O/c1-17-7-15-16-9(17)6-10(18)5-3-2-4-8(10)11(12,13)14/h2-5,7-8,18H,6H2,1H3. The summed E-state index contributed by atoms with van der Waals surface area (Å²) in [5.41, 5.74) is -2.02. The van der Waals surface area contributed by atoms with Crippen LogP contribution in [0.5, 0.6) is 0 Å². The van der Waals surface area contributed by atoms with E-state index in [0.29, 0.717) is 5.82 Å². The van der Waals surface area contributed by atoms with Crippen molar-refractivity contribution < 1.29 is 18.3 Å². The highest BCUT2D eigenvalue weighted by atomic mass is 19.4. The van der Waals surface area contributed by atoms with Crippen molar-refractivity contribution in [1.29, 1.82) is 0 Å². The second-order valence-electron chi connectivity index (χ2n) is 4.29. The van der Waals surface area contributed by atoms with Crippen LogP contribution in [0, 0.1) is 5.92 Å². The highest BCUT2D eigenvalue weighted by molar-refractivity contribution is 5.24. The molecule has 0 radical (unpaired) electrons. The van der Waals surface area contributed by atoms with Gasteiger partial charge in [-0.2, -0.15) is 13.2 Å². The van der Waals surface area contributed by atoms with Crippen molar-refractivity contribution in [2.24, 2.45) is 13.0 Å². The van der Waals surface area contributed by atoms with E-state index in [1.54, 1.807) is 7.05 Å². The van der Waals surface area contributed by atoms with E-state index < -0.39 is 17.7 Å². The molecule has 2 unspecified atom stereocenters. The summed E-state index contributed by atoms with van der Waals surface area (Å²) in [6.45, 7) is 0. The van der Waals surface area contributed by atoms with Crippen LogP contribution in [0.1, 0.15) is 5.82 Å². The van der Waals surface area contributed by atoms with E-state index in [-0.39, 0.29) is 6.42 Å². The smallest absolute Gasteiger partial charge is 0.384 e. The van der Waals surface area contributed by atoms with Gasteiger partial charge in [-0.3, -0.25) is 0 Å². The van der Waals surface area contributed by atoms with E-state index in [1.165, 1.54) is 23.0 Å². The highest BCUT2D eigenvalue weighted by Gasteiger charge is 2.51. The Kier molecular flexibility index (Phi) is 3.02. The zero-order chi connectivity index (χ0) is 13.4. The molecule has 98 valence electrons. The molecule has 7 heteroatoms. The summed E-state index contributed by atoms with van der Waals surface area (Å²) in [6.07, 6.45) is 1.42. The van der Waals surface area contributed by atoms with Crippen molar-refractivity contribution >= 4 is 0 Å². The summed E-state index contributed by atoms with van der Waals surface area (Å²) < 4.78 is 40.1. The number of hydrogen-bond acceptors (Lipinski definition) is 3. The van der Waals surface area contributed by atoms with Gasteiger partial charge < -0.3 is 9.67 Å². The molecule has 0 saturated carbocycles. The average Bonchev–Trinajstić information content (AvgIpc) is 2.62. The number of nitrogens with zero attached hydrogens (tertiary/aromatic N) is 3. The van der Waals surface area contributed by atoms with Crippen molar-refractivity contribution in [1.82, 2.24) is 14.8 Å². The maximum atomic E-state index is 12.9. The molecular weight excluding hydrogens is 247 g/mol. The number of rotatable bonds is 2. The Morgan fingerprint density at radius 3 is 2.72 bits per heavy atom. The Bertz CT molecular complexity index is 492. The second kappa shape index (κ2) is 4.24. The lowest BCUT2D eigenvalue weighted by atomic mass is 9.80. The fourth-order valence-corrected chi connectivity index (χ4v) is 1.95. The van der Waals surface area contributed by atoms with Crippen LogP contribution in [0.2, 0.25) is 0 Å². The van der Waals surface area contributed by atoms with Crippen LogP contribution in [-0.4, -0.2) is 31.6 Å². The van der Waals surface area contributed by atoms with E-state index in [1.807, 2.05) is 0 Å². The lowest BCUT2D eigenvalue weighted by Gasteiger charge is -2.34. The first-order chi connectivity index (χ1) is 8.33. The van der Waals surface area contributed by atoms with Gasteiger partial charge in [-0.15, -0.1) is 10.2 Å². The predicted molar refractivity (Wildman–Crippen MR) is 57.5 cm³/mol. The van der Waals surface area contributed by atoms with Crippen molar-refractivity contribution in [3.8, 4) is 0 Å². The molecule has 2 atom stereocenters. The normalized spacial score (nSPS) is 27.7. The Morgan fingerprint density at radius 1 is 1.44 bits per heavy atom. The molecular formula is C11H12F3N3O. The molecule has 1 aromatic rings. The molecule has 4 nitrogen and oxygen atoms in total. The summed E-state index contributed by atoms with van der Waals surface area (Å²) in [5.74, 6) is -1.64. The number of allylic oxidation sites excluding steroid dienone is 2. The molecule has 1 aromatic heterocycles. The van der Waals surface area contributed by atoms with Crippen LogP contribution in [0.4, 0.5) is 13.2 Å². The highest BCUT2D eigenvalue weighted by Crippen LogP contribution is 2.39. The van der Waals surface area contributed by atoms with Gasteiger partial charge in [0.1, 0.15) is 23.7 Å². The first-order valence-corrected chi connectivity index (χ1v) is 5.31. The fraction of sp³-hybridized carbons (Fsp3) is 0.455. The summed E-state index contributed by atoms with van der Waals surface area (Å²) in [5, 5.41) is 17.5. The van der Waals surface area contributed by atoms with Crippen molar-refractivity contribution in [3.63, 3.8) is 0 Å². The Balaban J connectivity index is 2.30. The zero-order valence-corrected chi connectivity index (χ0v) is 9.59. The van der Waals surface area contributed by atoms with Gasteiger partial charge in [0.15, 0.2) is 0 Å². The Hall–Kier alpha value is -1.63. The van der Waals surface area contributed by atoms with Crippen LogP contribution >= 0.6 is 0 Å². The van der Waals surface area contributed by atoms with Gasteiger partial charge in [0, 0.05) is 13.5 Å². The molecule has 18 heavy (non-hydrogen) atoms. The van der Waals surface area contributed by atoms with E-state index in [0.717, 1.165) is 12.2 Å². The first-order valence-electron chi connectivity index (χ1n) is 5.31. The lowest BCUT2D eigenvalue weighted by molar-refractivity contribution is -0.200. The minimum absolute atomic E-state index is 0.242. The second-order valence-corrected chi connectivity index (χ2v) is 4.29. The number of hydrogen-bond donors (Lipinski definition) is 1. The number of aryl methyl sites for hydroxylation is 1. The summed E-state index contributed by atoms with van der Waals surface area (Å²) in [7, 11) is 1.61. The average molecular weight is 259 g/mol. The molecule has 1 heterocycles. The number of alkyl halides is 3. The largest absolute Gasteiger partial charge is 0.398 e. The van der Waals surface area contributed by atoms with E-state index in [9.17, 15) is 18.3 Å². The number of aliphatic hydroxyl groups is 1. The van der Waals surface area contributed by atoms with Crippen LogP contribution in [0.15, 0.2) is 30.6 Å². The van der Waals surface area contributed by atoms with Gasteiger partial charge in [0.2, 0.25) is 0 Å². The van der Waals surface area contributed by atoms with Gasteiger partial charge in [-0.25, -0.2) is 0 Å². The number of halogens is 3. The van der Waals surface area contributed by atoms with E-state index in [4.69, 9.17) is 0 Å². The van der Waals surface area contributed by atoms with Gasteiger partial charge >= 0.3 is 6.18 Å². The van der Waals surface area contributed by atoms with Gasteiger partial charge in [-0.05, 0) is 0 Å². The van der Waals surface area contributed by atoms with Gasteiger partial charge in [0.25, 0.3) is 0 Å². The fourth-order valence-electron chi connectivity index (χ4n) is 1.95. The minimum Gasteiger partial charge on any atom is -0.384 e. The molecule has 0 spiro atoms. The quantitative estimate of drug-likeness (QED) is 0.873. The molecule has 0 fully saturated rings. The maximum Gasteiger partial charge on any atom is 0.398 e. The summed E-state index contributed by atoms with van der Waals surface area (Å²) in [4.78, 5) is 0. The topological polar surface area (TPSA) is 50.9 Å². The third-order valence-electron chi connectivity index (χ3n) is 2.94. The van der Waals surface area contributed by atoms with Crippen molar-refractivity contribution in [3.05, 3.63) is 36.5 Å². The third kappa shape index (κ3) is 2.31. The molecule has 0 saturated heterocycles. The third-order valence-corrected chi connectivity index (χ3v) is 2.94. The number of aromatic nitrogens is 3. The lowest BCUT2D eigenvalue weighted by Crippen LogP contribution is -2.46. The van der Waals surface area contributed by atoms with E-state index >= 15 is 0 Å². The van der Waals surface area contributed by atoms with Gasteiger partial charge in [-0.1, -0.05) is 24.3 Å². The summed E-state index contributed by atoms with van der Waals surface area (Å²) in [6, 6.07) is 0. The Morgan fingerprint density at radius 2 is 2.17 bits per heavy atom. The minimum atomic E-state index is -4.51. The van der Waals surface area contributed by atoms with Crippen molar-refractivity contribution in [2.75, 3.05) is 0 Å². The molecule has 2 rings (SSSR count). The molecule has 0 amide bonds. The SMILES string of the molecule is Cn1cnnc1CC1(O)C=CC=CC1C(F)(F)F. The molecule has 1 N–H and O–H groups in total. The van der Waals surface area contributed by atoms with Crippen LogP contribution in [-0.2, 0) is 13.5 Å². The predicted octanol–water partition coefficient (Wildman–Crippen LogP) is 1.39. The van der Waals surface area contributed by atoms with Crippen molar-refractivity contribution in [2.45, 2.75) is 18.2 Å². The molecule has 0 aliphatic heterocycles. The first kappa shape index (κ1) is 12.8. The van der Waals surface area contributed by atoms with Gasteiger partial charge in [0.05, 0.1) is 0 Å². The van der Waals surface area contributed by atoms with Crippen LogP contribution in [0.25, 0.3) is 0 Å². The maximum absolute atomic E-state index is 12.9. The molecule has 1 aliphatic rings. The van der Waals surface area contributed by atoms with E-state index in [2.05, 4.69) is 10.2 Å². The molecule has 0 aromatic carbocycles. The molecule has 0 bridgehead atoms. The zero-order valence-electron chi connectivity index (χ0n) is 9.59. The summed E-state index contributed by atoms with van der Waals surface area (Å²) >= 11 is 0. The monoisotopic (exact) mass is 259 g/mol. The molecule has 1 aliphatic carbocycles. The Labute approximate surface area is 101 Å².